The molecule has 3 heteroatoms. The molecule has 0 aliphatic carbocycles. The normalized spacial score (nSPS) is 11.2. The Kier molecular flexibility index (Phi) is 6.58. The maximum Gasteiger partial charge on any atom is 0.164 e. The highest BCUT2D eigenvalue weighted by Gasteiger charge is 2.14. The third-order valence-electron chi connectivity index (χ3n) is 2.86. The number of rotatable bonds is 4. The SMILES string of the molecule is CN(C)CCC(=O)c1ccc(C(C)(C)C)cc1.Cl. The second-order valence-corrected chi connectivity index (χ2v) is 5.80. The number of hydrogen-bond donors (Lipinski definition) is 0. The highest BCUT2D eigenvalue weighted by molar-refractivity contribution is 5.96. The van der Waals surface area contributed by atoms with Crippen molar-refractivity contribution in [1.82, 2.24) is 4.90 Å². The first-order valence-electron chi connectivity index (χ1n) is 6.09. The molecule has 1 rings (SSSR count). The average molecular weight is 270 g/mol. The lowest BCUT2D eigenvalue weighted by molar-refractivity contribution is 0.0972. The quantitative estimate of drug-likeness (QED) is 0.780. The molecule has 0 atom stereocenters. The van der Waals surface area contributed by atoms with Gasteiger partial charge in [0.25, 0.3) is 0 Å². The van der Waals surface area contributed by atoms with E-state index in [2.05, 4.69) is 32.9 Å². The molecule has 18 heavy (non-hydrogen) atoms. The van der Waals surface area contributed by atoms with E-state index in [0.717, 1.165) is 12.1 Å². The molecule has 0 N–H and O–H groups in total. The minimum Gasteiger partial charge on any atom is -0.309 e. The van der Waals surface area contributed by atoms with E-state index in [0.29, 0.717) is 6.42 Å². The van der Waals surface area contributed by atoms with Crippen molar-refractivity contribution in [3.63, 3.8) is 0 Å². The largest absolute Gasteiger partial charge is 0.309 e. The predicted molar refractivity (Wildman–Crippen MR) is 79.9 cm³/mol. The van der Waals surface area contributed by atoms with E-state index in [-0.39, 0.29) is 23.6 Å². The van der Waals surface area contributed by atoms with Gasteiger partial charge in [0.15, 0.2) is 5.78 Å². The molecule has 1 aromatic carbocycles. The van der Waals surface area contributed by atoms with Crippen molar-refractivity contribution in [2.75, 3.05) is 20.6 Å². The number of carbonyl (C=O) groups is 1. The number of ketones is 1. The number of halogens is 1. The smallest absolute Gasteiger partial charge is 0.164 e. The molecule has 0 saturated carbocycles. The van der Waals surface area contributed by atoms with E-state index in [1.807, 2.05) is 31.1 Å². The molecule has 0 heterocycles. The standard InChI is InChI=1S/C15H23NO.ClH/c1-15(2,3)13-8-6-12(7-9-13)14(17)10-11-16(4)5;/h6-9H,10-11H2,1-5H3;1H. The van der Waals surface area contributed by atoms with Crippen LogP contribution >= 0.6 is 12.4 Å². The van der Waals surface area contributed by atoms with Crippen molar-refractivity contribution >= 4 is 18.2 Å². The first kappa shape index (κ1) is 17.1. The molecular formula is C15H24ClNO. The Morgan fingerprint density at radius 2 is 1.61 bits per heavy atom. The molecule has 0 fully saturated rings. The molecule has 0 amide bonds. The van der Waals surface area contributed by atoms with E-state index >= 15 is 0 Å². The Hall–Kier alpha value is -0.860. The lowest BCUT2D eigenvalue weighted by Crippen LogP contribution is -2.17. The van der Waals surface area contributed by atoms with E-state index < -0.39 is 0 Å². The summed E-state index contributed by atoms with van der Waals surface area (Å²) in [4.78, 5) is 13.9. The van der Waals surface area contributed by atoms with Gasteiger partial charge in [-0.05, 0) is 25.1 Å². The maximum absolute atomic E-state index is 11.9. The number of hydrogen-bond acceptors (Lipinski definition) is 2. The highest BCUT2D eigenvalue weighted by Crippen LogP contribution is 2.22. The molecule has 0 saturated heterocycles. The molecule has 0 radical (unpaired) electrons. The number of benzene rings is 1. The van der Waals surface area contributed by atoms with Gasteiger partial charge in [-0.25, -0.2) is 0 Å². The number of carbonyl (C=O) groups excluding carboxylic acids is 1. The van der Waals surface area contributed by atoms with Gasteiger partial charge in [-0.2, -0.15) is 0 Å². The Labute approximate surface area is 117 Å². The molecule has 0 aliphatic rings. The highest BCUT2D eigenvalue weighted by atomic mass is 35.5. The minimum absolute atomic E-state index is 0. The van der Waals surface area contributed by atoms with Crippen LogP contribution in [0.5, 0.6) is 0 Å². The molecule has 0 bridgehead atoms. The minimum atomic E-state index is 0. The van der Waals surface area contributed by atoms with Gasteiger partial charge < -0.3 is 4.90 Å². The lowest BCUT2D eigenvalue weighted by atomic mass is 9.86. The van der Waals surface area contributed by atoms with Gasteiger partial charge in [0.1, 0.15) is 0 Å². The summed E-state index contributed by atoms with van der Waals surface area (Å²) in [6, 6.07) is 8.00. The first-order valence-corrected chi connectivity index (χ1v) is 6.09. The molecule has 1 aromatic rings. The van der Waals surface area contributed by atoms with Gasteiger partial charge in [0.05, 0.1) is 0 Å². The molecule has 0 aromatic heterocycles. The Bertz CT molecular complexity index is 376. The zero-order chi connectivity index (χ0) is 13.1. The van der Waals surface area contributed by atoms with Crippen molar-refractivity contribution in [1.29, 1.82) is 0 Å². The van der Waals surface area contributed by atoms with Gasteiger partial charge in [-0.3, -0.25) is 4.79 Å². The van der Waals surface area contributed by atoms with Crippen molar-refractivity contribution in [2.45, 2.75) is 32.6 Å². The van der Waals surface area contributed by atoms with Crippen molar-refractivity contribution < 1.29 is 4.79 Å². The average Bonchev–Trinajstić information content (AvgIpc) is 2.25. The summed E-state index contributed by atoms with van der Waals surface area (Å²) < 4.78 is 0. The Balaban J connectivity index is 0.00000289. The topological polar surface area (TPSA) is 20.3 Å². The zero-order valence-corrected chi connectivity index (χ0v) is 12.8. The van der Waals surface area contributed by atoms with E-state index in [1.54, 1.807) is 0 Å². The van der Waals surface area contributed by atoms with Gasteiger partial charge in [-0.15, -0.1) is 12.4 Å². The third kappa shape index (κ3) is 5.19. The summed E-state index contributed by atoms with van der Waals surface area (Å²) in [6.45, 7) is 7.33. The summed E-state index contributed by atoms with van der Waals surface area (Å²) in [5, 5.41) is 0. The van der Waals surface area contributed by atoms with Crippen LogP contribution < -0.4 is 0 Å². The van der Waals surface area contributed by atoms with Crippen LogP contribution in [0.4, 0.5) is 0 Å². The van der Waals surface area contributed by atoms with Crippen molar-refractivity contribution in [3.05, 3.63) is 35.4 Å². The second kappa shape index (κ2) is 6.91. The molecule has 2 nitrogen and oxygen atoms in total. The summed E-state index contributed by atoms with van der Waals surface area (Å²) in [5.41, 5.74) is 2.23. The van der Waals surface area contributed by atoms with Gasteiger partial charge in [-0.1, -0.05) is 45.0 Å². The van der Waals surface area contributed by atoms with E-state index in [9.17, 15) is 4.79 Å². The first-order chi connectivity index (χ1) is 7.80. The maximum atomic E-state index is 11.9. The van der Waals surface area contributed by atoms with Gasteiger partial charge in [0.2, 0.25) is 0 Å². The molecule has 0 spiro atoms. The fraction of sp³-hybridized carbons (Fsp3) is 0.533. The lowest BCUT2D eigenvalue weighted by Gasteiger charge is -2.19. The predicted octanol–water partition coefficient (Wildman–Crippen LogP) is 3.54. The second-order valence-electron chi connectivity index (χ2n) is 5.80. The summed E-state index contributed by atoms with van der Waals surface area (Å²) in [5.74, 6) is 0.221. The number of nitrogens with zero attached hydrogens (tertiary/aromatic N) is 1. The monoisotopic (exact) mass is 269 g/mol. The van der Waals surface area contributed by atoms with E-state index in [1.165, 1.54) is 5.56 Å². The van der Waals surface area contributed by atoms with Crippen LogP contribution in [0.15, 0.2) is 24.3 Å². The van der Waals surface area contributed by atoms with Gasteiger partial charge in [0, 0.05) is 18.5 Å². The van der Waals surface area contributed by atoms with E-state index in [4.69, 9.17) is 0 Å². The Morgan fingerprint density at radius 3 is 2.00 bits per heavy atom. The number of Topliss-reactive ketones (excluding diaryl/α,β-unsaturated/α-hetero) is 1. The summed E-state index contributed by atoms with van der Waals surface area (Å²) in [7, 11) is 3.96. The van der Waals surface area contributed by atoms with Crippen LogP contribution in [0, 0.1) is 0 Å². The fourth-order valence-corrected chi connectivity index (χ4v) is 1.63. The summed E-state index contributed by atoms with van der Waals surface area (Å²) in [6.07, 6.45) is 0.585. The molecule has 0 unspecified atom stereocenters. The Morgan fingerprint density at radius 1 is 1.11 bits per heavy atom. The van der Waals surface area contributed by atoms with Crippen molar-refractivity contribution in [3.8, 4) is 0 Å². The third-order valence-corrected chi connectivity index (χ3v) is 2.86. The zero-order valence-electron chi connectivity index (χ0n) is 12.0. The van der Waals surface area contributed by atoms with Crippen LogP contribution in [-0.2, 0) is 5.41 Å². The molecule has 0 aliphatic heterocycles. The van der Waals surface area contributed by atoms with Crippen LogP contribution in [-0.4, -0.2) is 31.3 Å². The van der Waals surface area contributed by atoms with Crippen molar-refractivity contribution in [2.24, 2.45) is 0 Å². The molecule has 102 valence electrons. The fourth-order valence-electron chi connectivity index (χ4n) is 1.63. The van der Waals surface area contributed by atoms with Crippen LogP contribution in [0.2, 0.25) is 0 Å². The van der Waals surface area contributed by atoms with Gasteiger partial charge >= 0.3 is 0 Å². The van der Waals surface area contributed by atoms with Crippen LogP contribution in [0.25, 0.3) is 0 Å². The van der Waals surface area contributed by atoms with Crippen LogP contribution in [0.1, 0.15) is 43.1 Å². The molecular weight excluding hydrogens is 246 g/mol. The summed E-state index contributed by atoms with van der Waals surface area (Å²) >= 11 is 0. The van der Waals surface area contributed by atoms with Crippen LogP contribution in [0.3, 0.4) is 0 Å².